The van der Waals surface area contributed by atoms with Gasteiger partial charge in [-0.25, -0.2) is 14.1 Å². The molecule has 2 aromatic heterocycles. The Morgan fingerprint density at radius 2 is 1.93 bits per heavy atom. The summed E-state index contributed by atoms with van der Waals surface area (Å²) >= 11 is 0. The number of amides is 1. The lowest BCUT2D eigenvalue weighted by atomic mass is 10.2. The van der Waals surface area contributed by atoms with E-state index in [4.69, 9.17) is 0 Å². The number of hydrogen-bond donors (Lipinski definition) is 1. The zero-order valence-electron chi connectivity index (χ0n) is 15.5. The molecule has 2 heterocycles. The Hall–Kier alpha value is -3.81. The van der Waals surface area contributed by atoms with Gasteiger partial charge in [-0.2, -0.15) is 5.10 Å². The maximum Gasteiger partial charge on any atom is 0.264 e. The molecule has 0 atom stereocenters. The molecule has 0 aliphatic rings. The Morgan fingerprint density at radius 1 is 1.10 bits per heavy atom. The van der Waals surface area contributed by atoms with Crippen LogP contribution in [0.2, 0.25) is 0 Å². The maximum atomic E-state index is 13.2. The third kappa shape index (κ3) is 4.06. The largest absolute Gasteiger partial charge is 0.350 e. The van der Waals surface area contributed by atoms with Crippen molar-refractivity contribution in [1.29, 1.82) is 0 Å². The summed E-state index contributed by atoms with van der Waals surface area (Å²) in [5, 5.41) is 7.34. The van der Waals surface area contributed by atoms with Crippen LogP contribution in [0.3, 0.4) is 0 Å². The van der Waals surface area contributed by atoms with Crippen LogP contribution in [0.5, 0.6) is 0 Å². The molecule has 4 aromatic rings. The summed E-state index contributed by atoms with van der Waals surface area (Å²) in [7, 11) is 0. The average Bonchev–Trinajstić information content (AvgIpc) is 3.14. The first-order valence-electron chi connectivity index (χ1n) is 9.10. The van der Waals surface area contributed by atoms with Crippen molar-refractivity contribution in [2.24, 2.45) is 0 Å². The molecule has 0 unspecified atom stereocenters. The lowest BCUT2D eigenvalue weighted by Gasteiger charge is -2.08. The molecular formula is C21H18FN5O2. The molecule has 0 aliphatic carbocycles. The van der Waals surface area contributed by atoms with Crippen molar-refractivity contribution >= 4 is 16.9 Å². The first-order chi connectivity index (χ1) is 14.1. The van der Waals surface area contributed by atoms with Crippen molar-refractivity contribution in [2.45, 2.75) is 13.1 Å². The van der Waals surface area contributed by atoms with Gasteiger partial charge in [-0.3, -0.25) is 14.2 Å². The zero-order valence-corrected chi connectivity index (χ0v) is 15.5. The molecule has 8 heteroatoms. The lowest BCUT2D eigenvalue weighted by Crippen LogP contribution is -2.28. The molecule has 0 saturated heterocycles. The van der Waals surface area contributed by atoms with Gasteiger partial charge in [-0.05, 0) is 23.8 Å². The van der Waals surface area contributed by atoms with Crippen molar-refractivity contribution in [3.63, 3.8) is 0 Å². The second-order valence-corrected chi connectivity index (χ2v) is 6.53. The van der Waals surface area contributed by atoms with Gasteiger partial charge in [0, 0.05) is 12.1 Å². The van der Waals surface area contributed by atoms with Gasteiger partial charge in [0.05, 0.1) is 19.3 Å². The first kappa shape index (κ1) is 18.5. The number of aromatic nitrogens is 4. The minimum absolute atomic E-state index is 0.172. The van der Waals surface area contributed by atoms with Crippen molar-refractivity contribution in [2.75, 3.05) is 6.54 Å². The van der Waals surface area contributed by atoms with Crippen LogP contribution >= 0.6 is 0 Å². The highest BCUT2D eigenvalue weighted by molar-refractivity contribution is 5.94. The van der Waals surface area contributed by atoms with Crippen LogP contribution in [0.25, 0.3) is 11.0 Å². The molecule has 0 aliphatic heterocycles. The highest BCUT2D eigenvalue weighted by Gasteiger charge is 2.11. The highest BCUT2D eigenvalue weighted by Crippen LogP contribution is 2.07. The first-order valence-corrected chi connectivity index (χ1v) is 9.10. The van der Waals surface area contributed by atoms with E-state index in [2.05, 4.69) is 15.4 Å². The van der Waals surface area contributed by atoms with E-state index >= 15 is 0 Å². The molecule has 0 bridgehead atoms. The van der Waals surface area contributed by atoms with Crippen molar-refractivity contribution in [3.8, 4) is 0 Å². The van der Waals surface area contributed by atoms with Gasteiger partial charge >= 0.3 is 0 Å². The highest BCUT2D eigenvalue weighted by atomic mass is 19.1. The van der Waals surface area contributed by atoms with Crippen molar-refractivity contribution in [3.05, 3.63) is 94.4 Å². The second-order valence-electron chi connectivity index (χ2n) is 6.53. The van der Waals surface area contributed by atoms with E-state index in [1.54, 1.807) is 10.7 Å². The second kappa shape index (κ2) is 8.05. The molecule has 0 fully saturated rings. The predicted octanol–water partition coefficient (Wildman–Crippen LogP) is 2.21. The van der Waals surface area contributed by atoms with Crippen LogP contribution in [-0.4, -0.2) is 31.8 Å². The summed E-state index contributed by atoms with van der Waals surface area (Å²) in [6.45, 7) is 1.03. The topological polar surface area (TPSA) is 81.8 Å². The number of fused-ring (bicyclic) bond motifs is 1. The van der Waals surface area contributed by atoms with Crippen LogP contribution in [0.4, 0.5) is 4.39 Å². The molecule has 1 amide bonds. The normalized spacial score (nSPS) is 10.9. The molecule has 29 heavy (non-hydrogen) atoms. The molecule has 146 valence electrons. The van der Waals surface area contributed by atoms with Crippen LogP contribution in [0.15, 0.2) is 71.9 Å². The Kier molecular flexibility index (Phi) is 5.15. The van der Waals surface area contributed by atoms with Gasteiger partial charge in [0.15, 0.2) is 5.65 Å². The fraction of sp³-hybridized carbons (Fsp3) is 0.143. The van der Waals surface area contributed by atoms with Crippen LogP contribution in [-0.2, 0) is 13.1 Å². The Bertz CT molecular complexity index is 1220. The average molecular weight is 391 g/mol. The third-order valence-corrected chi connectivity index (χ3v) is 4.51. The molecular weight excluding hydrogens is 373 g/mol. The van der Waals surface area contributed by atoms with Gasteiger partial charge < -0.3 is 5.32 Å². The Morgan fingerprint density at radius 3 is 2.72 bits per heavy atom. The smallest absolute Gasteiger partial charge is 0.264 e. The fourth-order valence-corrected chi connectivity index (χ4v) is 3.06. The number of halogens is 1. The van der Waals surface area contributed by atoms with Crippen LogP contribution < -0.4 is 10.9 Å². The summed E-state index contributed by atoms with van der Waals surface area (Å²) in [6, 6.07) is 15.1. The summed E-state index contributed by atoms with van der Waals surface area (Å²) in [4.78, 5) is 29.2. The summed E-state index contributed by atoms with van der Waals surface area (Å²) < 4.78 is 16.3. The number of carbonyl (C=O) groups excluding carboxylic acids is 1. The number of nitrogens with zero attached hydrogens (tertiary/aromatic N) is 4. The van der Waals surface area contributed by atoms with Gasteiger partial charge in [0.2, 0.25) is 0 Å². The molecule has 7 nitrogen and oxygen atoms in total. The quantitative estimate of drug-likeness (QED) is 0.546. The van der Waals surface area contributed by atoms with Crippen molar-refractivity contribution < 1.29 is 9.18 Å². The van der Waals surface area contributed by atoms with Gasteiger partial charge in [0.25, 0.3) is 11.5 Å². The molecule has 2 aromatic carbocycles. The monoisotopic (exact) mass is 391 g/mol. The van der Waals surface area contributed by atoms with Crippen molar-refractivity contribution in [1.82, 2.24) is 24.6 Å². The van der Waals surface area contributed by atoms with E-state index in [1.807, 2.05) is 30.3 Å². The minimum atomic E-state index is -0.466. The minimum Gasteiger partial charge on any atom is -0.350 e. The molecule has 4 rings (SSSR count). The van der Waals surface area contributed by atoms with Gasteiger partial charge in [-0.15, -0.1) is 0 Å². The van der Waals surface area contributed by atoms with E-state index in [-0.39, 0.29) is 23.6 Å². The molecule has 0 radical (unpaired) electrons. The zero-order chi connectivity index (χ0) is 20.2. The number of carbonyl (C=O) groups is 1. The van der Waals surface area contributed by atoms with E-state index in [1.165, 1.54) is 35.3 Å². The molecule has 0 saturated carbocycles. The van der Waals surface area contributed by atoms with E-state index in [0.29, 0.717) is 24.1 Å². The van der Waals surface area contributed by atoms with Gasteiger partial charge in [0.1, 0.15) is 17.5 Å². The predicted molar refractivity (Wildman–Crippen MR) is 106 cm³/mol. The number of rotatable bonds is 6. The Balaban J connectivity index is 1.46. The third-order valence-electron chi connectivity index (χ3n) is 4.51. The van der Waals surface area contributed by atoms with Crippen LogP contribution in [0, 0.1) is 5.82 Å². The van der Waals surface area contributed by atoms with E-state index < -0.39 is 5.82 Å². The fourth-order valence-electron chi connectivity index (χ4n) is 3.06. The van der Waals surface area contributed by atoms with Crippen LogP contribution in [0.1, 0.15) is 15.9 Å². The number of hydrogen-bond acceptors (Lipinski definition) is 4. The van der Waals surface area contributed by atoms with E-state index in [9.17, 15) is 14.0 Å². The maximum absolute atomic E-state index is 13.2. The SMILES string of the molecule is O=C(NCCn1ncc2c(=O)n(Cc3ccccc3)cnc21)c1cccc(F)c1. The standard InChI is InChI=1S/C21H18FN5O2/c22-17-8-4-7-16(11-17)20(28)23-9-10-27-19-18(12-25-27)21(29)26(14-24-19)13-15-5-2-1-3-6-15/h1-8,11-12,14H,9-10,13H2,(H,23,28). The summed E-state index contributed by atoms with van der Waals surface area (Å²) in [5.74, 6) is -0.842. The summed E-state index contributed by atoms with van der Waals surface area (Å²) in [6.07, 6.45) is 2.99. The number of benzene rings is 2. The Labute approximate surface area is 165 Å². The molecule has 1 N–H and O–H groups in total. The summed E-state index contributed by atoms with van der Waals surface area (Å²) in [5.41, 5.74) is 1.54. The number of nitrogens with one attached hydrogen (secondary N) is 1. The van der Waals surface area contributed by atoms with E-state index in [0.717, 1.165) is 5.56 Å². The lowest BCUT2D eigenvalue weighted by molar-refractivity contribution is 0.0951. The molecule has 0 spiro atoms. The van der Waals surface area contributed by atoms with Gasteiger partial charge in [-0.1, -0.05) is 36.4 Å².